The van der Waals surface area contributed by atoms with Crippen molar-refractivity contribution in [3.63, 3.8) is 0 Å². The fourth-order valence-corrected chi connectivity index (χ4v) is 5.30. The number of hydrogen-bond acceptors (Lipinski definition) is 5. The fraction of sp³-hybridized carbons (Fsp3) is 0.600. The zero-order valence-corrected chi connectivity index (χ0v) is 21.3. The van der Waals surface area contributed by atoms with Gasteiger partial charge in [-0.05, 0) is 49.9 Å². The number of amides is 1. The standard InChI is InChI=1S/C25H32F3N3O3S/c1-24(2,3)21-15-31(14-17-6-5-11-33-17)23(35-21)29-22(32)19-12-16(25(26,27)28)7-8-20(19)34-18-9-10-30(4)13-18/h7-8,12,15,17-18H,5-6,9-11,13-14H2,1-4H3/t17-,18-/m1/s1. The van der Waals surface area contributed by atoms with Crippen molar-refractivity contribution >= 4 is 17.2 Å². The van der Waals surface area contributed by atoms with Crippen molar-refractivity contribution < 1.29 is 27.4 Å². The number of nitrogens with zero attached hydrogens (tertiary/aromatic N) is 3. The maximum atomic E-state index is 13.5. The zero-order valence-electron chi connectivity index (χ0n) is 20.5. The first-order valence-electron chi connectivity index (χ1n) is 11.9. The molecule has 0 saturated carbocycles. The Morgan fingerprint density at radius 1 is 1.26 bits per heavy atom. The summed E-state index contributed by atoms with van der Waals surface area (Å²) in [6.07, 6.45) is -0.139. The van der Waals surface area contributed by atoms with E-state index in [0.717, 1.165) is 42.8 Å². The first-order valence-corrected chi connectivity index (χ1v) is 12.7. The number of thiazole rings is 1. The van der Waals surface area contributed by atoms with Crippen molar-refractivity contribution in [1.29, 1.82) is 0 Å². The molecule has 2 aromatic rings. The van der Waals surface area contributed by atoms with E-state index in [1.807, 2.05) is 17.8 Å². The molecule has 0 N–H and O–H groups in total. The molecule has 2 aliphatic heterocycles. The molecule has 4 rings (SSSR count). The Kier molecular flexibility index (Phi) is 7.45. The lowest BCUT2D eigenvalue weighted by Crippen LogP contribution is -2.24. The lowest BCUT2D eigenvalue weighted by molar-refractivity contribution is -0.137. The second kappa shape index (κ2) is 10.1. The summed E-state index contributed by atoms with van der Waals surface area (Å²) in [5.74, 6) is -0.619. The van der Waals surface area contributed by atoms with E-state index in [1.165, 1.54) is 17.4 Å². The van der Waals surface area contributed by atoms with Gasteiger partial charge >= 0.3 is 6.18 Å². The predicted molar refractivity (Wildman–Crippen MR) is 128 cm³/mol. The molecule has 0 aliphatic carbocycles. The second-order valence-electron chi connectivity index (χ2n) is 10.3. The molecule has 0 unspecified atom stereocenters. The minimum absolute atomic E-state index is 0.0262. The molecule has 10 heteroatoms. The quantitative estimate of drug-likeness (QED) is 0.575. The van der Waals surface area contributed by atoms with Gasteiger partial charge in [-0.1, -0.05) is 20.8 Å². The van der Waals surface area contributed by atoms with Crippen LogP contribution in [0.1, 0.15) is 60.8 Å². The number of ether oxygens (including phenoxy) is 2. The van der Waals surface area contributed by atoms with Gasteiger partial charge in [0.2, 0.25) is 0 Å². The van der Waals surface area contributed by atoms with Gasteiger partial charge in [0, 0.05) is 30.8 Å². The highest BCUT2D eigenvalue weighted by Crippen LogP contribution is 2.34. The molecule has 1 aromatic heterocycles. The van der Waals surface area contributed by atoms with Crippen molar-refractivity contribution in [3.05, 3.63) is 45.2 Å². The van der Waals surface area contributed by atoms with Gasteiger partial charge in [0.15, 0.2) is 4.80 Å². The first kappa shape index (κ1) is 25.9. The summed E-state index contributed by atoms with van der Waals surface area (Å²) >= 11 is 1.37. The Labute approximate surface area is 207 Å². The van der Waals surface area contributed by atoms with Crippen LogP contribution in [0, 0.1) is 0 Å². The van der Waals surface area contributed by atoms with E-state index in [4.69, 9.17) is 9.47 Å². The van der Waals surface area contributed by atoms with E-state index in [1.54, 1.807) is 0 Å². The van der Waals surface area contributed by atoms with Crippen LogP contribution in [0.5, 0.6) is 5.75 Å². The third kappa shape index (κ3) is 6.34. The average molecular weight is 512 g/mol. The summed E-state index contributed by atoms with van der Waals surface area (Å²) in [7, 11) is 1.95. The summed E-state index contributed by atoms with van der Waals surface area (Å²) in [4.78, 5) is 21.2. The number of likely N-dealkylation sites (tertiary alicyclic amines) is 1. The highest BCUT2D eigenvalue weighted by molar-refractivity contribution is 7.09. The van der Waals surface area contributed by atoms with Crippen LogP contribution in [0.2, 0.25) is 0 Å². The number of carbonyl (C=O) groups is 1. The van der Waals surface area contributed by atoms with Gasteiger partial charge < -0.3 is 18.9 Å². The molecule has 0 radical (unpaired) electrons. The minimum Gasteiger partial charge on any atom is -0.488 e. The van der Waals surface area contributed by atoms with Crippen molar-refractivity contribution in [2.45, 2.75) is 70.4 Å². The molecule has 2 fully saturated rings. The van der Waals surface area contributed by atoms with Crippen LogP contribution < -0.4 is 9.54 Å². The molecule has 2 saturated heterocycles. The maximum absolute atomic E-state index is 13.5. The monoisotopic (exact) mass is 511 g/mol. The van der Waals surface area contributed by atoms with E-state index in [-0.39, 0.29) is 28.9 Å². The minimum atomic E-state index is -4.58. The molecule has 1 aromatic carbocycles. The number of likely N-dealkylation sites (N-methyl/N-ethyl adjacent to an activating group) is 1. The van der Waals surface area contributed by atoms with Gasteiger partial charge in [-0.25, -0.2) is 0 Å². The van der Waals surface area contributed by atoms with Crippen LogP contribution in [0.15, 0.2) is 29.4 Å². The normalized spacial score (nSPS) is 22.2. The molecule has 3 heterocycles. The average Bonchev–Trinajstić information content (AvgIpc) is 3.50. The number of hydrogen-bond donors (Lipinski definition) is 0. The summed E-state index contributed by atoms with van der Waals surface area (Å²) in [6.45, 7) is 8.92. The summed E-state index contributed by atoms with van der Waals surface area (Å²) in [5, 5.41) is 0. The maximum Gasteiger partial charge on any atom is 0.416 e. The topological polar surface area (TPSA) is 56.1 Å². The van der Waals surface area contributed by atoms with Gasteiger partial charge in [-0.2, -0.15) is 18.2 Å². The molecule has 35 heavy (non-hydrogen) atoms. The Bertz CT molecular complexity index is 1130. The number of halogens is 3. The van der Waals surface area contributed by atoms with E-state index in [0.29, 0.717) is 24.5 Å². The Hall–Kier alpha value is -2.17. The van der Waals surface area contributed by atoms with E-state index in [2.05, 4.69) is 30.7 Å². The van der Waals surface area contributed by atoms with Crippen LogP contribution in [0.3, 0.4) is 0 Å². The van der Waals surface area contributed by atoms with Crippen LogP contribution in [-0.2, 0) is 22.9 Å². The van der Waals surface area contributed by atoms with Crippen molar-refractivity contribution in [1.82, 2.24) is 9.47 Å². The van der Waals surface area contributed by atoms with Crippen LogP contribution in [-0.4, -0.2) is 54.3 Å². The number of alkyl halides is 3. The van der Waals surface area contributed by atoms with Gasteiger partial charge in [-0.3, -0.25) is 4.79 Å². The van der Waals surface area contributed by atoms with Crippen LogP contribution in [0.4, 0.5) is 13.2 Å². The predicted octanol–water partition coefficient (Wildman–Crippen LogP) is 4.87. The molecule has 0 spiro atoms. The lowest BCUT2D eigenvalue weighted by Gasteiger charge is -2.17. The second-order valence-corrected chi connectivity index (χ2v) is 11.3. The molecule has 1 amide bonds. The first-order chi connectivity index (χ1) is 16.4. The Morgan fingerprint density at radius 3 is 2.63 bits per heavy atom. The lowest BCUT2D eigenvalue weighted by atomic mass is 9.95. The van der Waals surface area contributed by atoms with Gasteiger partial charge in [-0.15, -0.1) is 11.3 Å². The third-order valence-electron chi connectivity index (χ3n) is 6.26. The van der Waals surface area contributed by atoms with Crippen LogP contribution >= 0.6 is 11.3 Å². The summed E-state index contributed by atoms with van der Waals surface area (Å²) in [6, 6.07) is 3.03. The van der Waals surface area contributed by atoms with E-state index >= 15 is 0 Å². The summed E-state index contributed by atoms with van der Waals surface area (Å²) in [5.41, 5.74) is -1.25. The fourth-order valence-electron chi connectivity index (χ4n) is 4.25. The van der Waals surface area contributed by atoms with E-state index < -0.39 is 17.6 Å². The Morgan fingerprint density at radius 2 is 2.03 bits per heavy atom. The van der Waals surface area contributed by atoms with Crippen LogP contribution in [0.25, 0.3) is 0 Å². The van der Waals surface area contributed by atoms with Crippen molar-refractivity contribution in [2.75, 3.05) is 26.7 Å². The third-order valence-corrected chi connectivity index (χ3v) is 7.71. The zero-order chi connectivity index (χ0) is 25.4. The molecule has 6 nitrogen and oxygen atoms in total. The van der Waals surface area contributed by atoms with Gasteiger partial charge in [0.25, 0.3) is 5.91 Å². The molecular weight excluding hydrogens is 479 g/mol. The number of rotatable bonds is 5. The van der Waals surface area contributed by atoms with Crippen molar-refractivity contribution in [3.8, 4) is 5.75 Å². The SMILES string of the molecule is CN1CC[C@@H](Oc2ccc(C(F)(F)F)cc2C(=O)N=c2sc(C(C)(C)C)cn2C[C@H]2CCCO2)C1. The molecule has 2 aliphatic rings. The largest absolute Gasteiger partial charge is 0.488 e. The van der Waals surface area contributed by atoms with E-state index in [9.17, 15) is 18.0 Å². The number of carbonyl (C=O) groups excluding carboxylic acids is 1. The number of aromatic nitrogens is 1. The smallest absolute Gasteiger partial charge is 0.416 e. The Balaban J connectivity index is 1.73. The molecule has 192 valence electrons. The molecule has 2 atom stereocenters. The van der Waals surface area contributed by atoms with Gasteiger partial charge in [0.05, 0.1) is 23.8 Å². The van der Waals surface area contributed by atoms with Crippen molar-refractivity contribution in [2.24, 2.45) is 4.99 Å². The highest BCUT2D eigenvalue weighted by Gasteiger charge is 2.33. The molecular formula is C25H32F3N3O3S. The summed E-state index contributed by atoms with van der Waals surface area (Å²) < 4.78 is 54.0. The number of benzene rings is 1. The van der Waals surface area contributed by atoms with Gasteiger partial charge in [0.1, 0.15) is 11.9 Å². The molecule has 0 bridgehead atoms. The highest BCUT2D eigenvalue weighted by atomic mass is 32.1.